The molecule has 0 aliphatic carbocycles. The third kappa shape index (κ3) is 3.02. The zero-order valence-electron chi connectivity index (χ0n) is 13.2. The Labute approximate surface area is 136 Å². The molecule has 3 nitrogen and oxygen atoms in total. The summed E-state index contributed by atoms with van der Waals surface area (Å²) in [6.45, 7) is 1.77. The number of benzene rings is 2. The largest absolute Gasteiger partial charge is 0.354 e. The highest BCUT2D eigenvalue weighted by molar-refractivity contribution is 5.84. The summed E-state index contributed by atoms with van der Waals surface area (Å²) < 4.78 is 5.67. The van der Waals surface area contributed by atoms with Crippen molar-refractivity contribution in [3.05, 3.63) is 60.2 Å². The van der Waals surface area contributed by atoms with Gasteiger partial charge in [-0.15, -0.1) is 0 Å². The SMILES string of the molecule is O=C([C@@H]1O[C@H]1c1ccc(-c2ccccc2)cc1)N1CCCCC1. The molecule has 3 heteroatoms. The van der Waals surface area contributed by atoms with Crippen LogP contribution >= 0.6 is 0 Å². The summed E-state index contributed by atoms with van der Waals surface area (Å²) in [5.41, 5.74) is 3.49. The first kappa shape index (κ1) is 14.5. The second-order valence-corrected chi connectivity index (χ2v) is 6.35. The molecule has 2 saturated heterocycles. The van der Waals surface area contributed by atoms with Gasteiger partial charge in [0.05, 0.1) is 0 Å². The van der Waals surface area contributed by atoms with E-state index in [4.69, 9.17) is 4.74 Å². The van der Waals surface area contributed by atoms with E-state index in [2.05, 4.69) is 36.4 Å². The third-order valence-corrected chi connectivity index (χ3v) is 4.75. The first-order chi connectivity index (χ1) is 11.3. The molecular formula is C20H21NO2. The molecule has 118 valence electrons. The number of hydrogen-bond acceptors (Lipinski definition) is 2. The van der Waals surface area contributed by atoms with Crippen LogP contribution in [0.15, 0.2) is 54.6 Å². The molecule has 0 aromatic heterocycles. The van der Waals surface area contributed by atoms with Crippen LogP contribution in [-0.4, -0.2) is 30.0 Å². The molecule has 0 spiro atoms. The van der Waals surface area contributed by atoms with Crippen molar-refractivity contribution in [3.63, 3.8) is 0 Å². The van der Waals surface area contributed by atoms with E-state index < -0.39 is 0 Å². The molecule has 0 N–H and O–H groups in total. The molecule has 0 unspecified atom stereocenters. The number of likely N-dealkylation sites (tertiary alicyclic amines) is 1. The van der Waals surface area contributed by atoms with Crippen LogP contribution in [0.1, 0.15) is 30.9 Å². The topological polar surface area (TPSA) is 32.8 Å². The molecule has 2 heterocycles. The molecule has 0 radical (unpaired) electrons. The van der Waals surface area contributed by atoms with E-state index in [1.54, 1.807) is 0 Å². The van der Waals surface area contributed by atoms with Gasteiger partial charge >= 0.3 is 0 Å². The minimum Gasteiger partial charge on any atom is -0.354 e. The zero-order valence-corrected chi connectivity index (χ0v) is 13.2. The maximum Gasteiger partial charge on any atom is 0.254 e. The number of carbonyl (C=O) groups excluding carboxylic acids is 1. The lowest BCUT2D eigenvalue weighted by molar-refractivity contribution is -0.133. The third-order valence-electron chi connectivity index (χ3n) is 4.75. The number of hydrogen-bond donors (Lipinski definition) is 0. The van der Waals surface area contributed by atoms with Gasteiger partial charge in [0, 0.05) is 13.1 Å². The Morgan fingerprint density at radius 1 is 0.870 bits per heavy atom. The maximum atomic E-state index is 12.4. The van der Waals surface area contributed by atoms with Gasteiger partial charge in [0.15, 0.2) is 6.10 Å². The van der Waals surface area contributed by atoms with Crippen LogP contribution < -0.4 is 0 Å². The highest BCUT2D eigenvalue weighted by Gasteiger charge is 2.47. The molecule has 0 saturated carbocycles. The summed E-state index contributed by atoms with van der Waals surface area (Å²) >= 11 is 0. The Kier molecular flexibility index (Phi) is 3.88. The summed E-state index contributed by atoms with van der Waals surface area (Å²) in [5, 5.41) is 0. The number of nitrogens with zero attached hydrogens (tertiary/aromatic N) is 1. The molecule has 2 fully saturated rings. The molecule has 2 aliphatic rings. The van der Waals surface area contributed by atoms with Crippen LogP contribution in [0.25, 0.3) is 11.1 Å². The number of piperidine rings is 1. The molecule has 2 atom stereocenters. The lowest BCUT2D eigenvalue weighted by atomic mass is 10.0. The van der Waals surface area contributed by atoms with E-state index in [1.807, 2.05) is 23.1 Å². The Hall–Kier alpha value is -2.13. The molecule has 1 amide bonds. The first-order valence-corrected chi connectivity index (χ1v) is 8.42. The van der Waals surface area contributed by atoms with Gasteiger partial charge in [0.1, 0.15) is 6.10 Å². The van der Waals surface area contributed by atoms with Gasteiger partial charge in [-0.05, 0) is 36.0 Å². The van der Waals surface area contributed by atoms with Crippen LogP contribution in [0.4, 0.5) is 0 Å². The van der Waals surface area contributed by atoms with Gasteiger partial charge in [-0.25, -0.2) is 0 Å². The Morgan fingerprint density at radius 2 is 1.52 bits per heavy atom. The van der Waals surface area contributed by atoms with Crippen LogP contribution in [0.3, 0.4) is 0 Å². The number of rotatable bonds is 3. The Bertz CT molecular complexity index is 675. The van der Waals surface area contributed by atoms with Crippen LogP contribution in [-0.2, 0) is 9.53 Å². The second kappa shape index (κ2) is 6.17. The minimum atomic E-state index is -0.268. The van der Waals surface area contributed by atoms with Gasteiger partial charge in [0.2, 0.25) is 0 Å². The van der Waals surface area contributed by atoms with Crippen molar-refractivity contribution in [3.8, 4) is 11.1 Å². The van der Waals surface area contributed by atoms with Crippen molar-refractivity contribution in [1.82, 2.24) is 4.90 Å². The summed E-state index contributed by atoms with van der Waals surface area (Å²) in [4.78, 5) is 14.4. The van der Waals surface area contributed by atoms with Gasteiger partial charge < -0.3 is 9.64 Å². The van der Waals surface area contributed by atoms with E-state index in [0.29, 0.717) is 0 Å². The number of epoxide rings is 1. The predicted molar refractivity (Wildman–Crippen MR) is 89.9 cm³/mol. The highest BCUT2D eigenvalue weighted by Crippen LogP contribution is 2.40. The van der Waals surface area contributed by atoms with E-state index in [-0.39, 0.29) is 18.1 Å². The predicted octanol–water partition coefficient (Wildman–Crippen LogP) is 3.81. The second-order valence-electron chi connectivity index (χ2n) is 6.35. The van der Waals surface area contributed by atoms with Gasteiger partial charge in [-0.2, -0.15) is 0 Å². The van der Waals surface area contributed by atoms with Crippen molar-refractivity contribution in [2.24, 2.45) is 0 Å². The van der Waals surface area contributed by atoms with Gasteiger partial charge in [0.25, 0.3) is 5.91 Å². The van der Waals surface area contributed by atoms with Gasteiger partial charge in [-0.3, -0.25) is 4.79 Å². The Morgan fingerprint density at radius 3 is 2.22 bits per heavy atom. The summed E-state index contributed by atoms with van der Waals surface area (Å²) in [7, 11) is 0. The highest BCUT2D eigenvalue weighted by atomic mass is 16.6. The Balaban J connectivity index is 1.43. The van der Waals surface area contributed by atoms with Crippen molar-refractivity contribution in [2.45, 2.75) is 31.5 Å². The standard InChI is InChI=1S/C20H21NO2/c22-20(21-13-5-2-6-14-21)19-18(23-19)17-11-9-16(10-12-17)15-7-3-1-4-8-15/h1,3-4,7-12,18-19H,2,5-6,13-14H2/t18-,19+/m0/s1. The summed E-state index contributed by atoms with van der Waals surface area (Å²) in [6, 6.07) is 18.7. The molecule has 23 heavy (non-hydrogen) atoms. The first-order valence-electron chi connectivity index (χ1n) is 8.42. The summed E-state index contributed by atoms with van der Waals surface area (Å²) in [5.74, 6) is 0.168. The normalized spacial score (nSPS) is 23.6. The van der Waals surface area contributed by atoms with Gasteiger partial charge in [-0.1, -0.05) is 54.6 Å². The van der Waals surface area contributed by atoms with Crippen molar-refractivity contribution >= 4 is 5.91 Å². The molecule has 2 aromatic rings. The van der Waals surface area contributed by atoms with E-state index >= 15 is 0 Å². The fourth-order valence-electron chi connectivity index (χ4n) is 3.34. The van der Waals surface area contributed by atoms with Crippen molar-refractivity contribution < 1.29 is 9.53 Å². The average molecular weight is 307 g/mol. The minimum absolute atomic E-state index is 0.0609. The monoisotopic (exact) mass is 307 g/mol. The fourth-order valence-corrected chi connectivity index (χ4v) is 3.34. The number of amides is 1. The van der Waals surface area contributed by atoms with Crippen molar-refractivity contribution in [1.29, 1.82) is 0 Å². The maximum absolute atomic E-state index is 12.4. The lowest BCUT2D eigenvalue weighted by Crippen LogP contribution is -2.38. The molecule has 2 aromatic carbocycles. The number of ether oxygens (including phenoxy) is 1. The molecule has 0 bridgehead atoms. The lowest BCUT2D eigenvalue weighted by Gasteiger charge is -2.26. The fraction of sp³-hybridized carbons (Fsp3) is 0.350. The van der Waals surface area contributed by atoms with E-state index in [1.165, 1.54) is 17.5 Å². The van der Waals surface area contributed by atoms with E-state index in [9.17, 15) is 4.79 Å². The van der Waals surface area contributed by atoms with Crippen LogP contribution in [0.2, 0.25) is 0 Å². The van der Waals surface area contributed by atoms with Crippen molar-refractivity contribution in [2.75, 3.05) is 13.1 Å². The average Bonchev–Trinajstić information content (AvgIpc) is 3.43. The molecule has 4 rings (SSSR count). The summed E-state index contributed by atoms with van der Waals surface area (Å²) in [6.07, 6.45) is 3.15. The number of carbonyl (C=O) groups is 1. The smallest absolute Gasteiger partial charge is 0.254 e. The van der Waals surface area contributed by atoms with E-state index in [0.717, 1.165) is 31.5 Å². The zero-order chi connectivity index (χ0) is 15.6. The molecular weight excluding hydrogens is 286 g/mol. The molecule has 2 aliphatic heterocycles. The van der Waals surface area contributed by atoms with Crippen LogP contribution in [0, 0.1) is 0 Å². The van der Waals surface area contributed by atoms with Crippen LogP contribution in [0.5, 0.6) is 0 Å². The quantitative estimate of drug-likeness (QED) is 0.808.